The third-order valence-corrected chi connectivity index (χ3v) is 11.3. The van der Waals surface area contributed by atoms with Crippen molar-refractivity contribution < 1.29 is 22.7 Å². The maximum atomic E-state index is 13.8. The highest BCUT2D eigenvalue weighted by Gasteiger charge is 2.29. The number of nitrogens with zero attached hydrogens (tertiary/aromatic N) is 5. The van der Waals surface area contributed by atoms with Gasteiger partial charge in [-0.2, -0.15) is 10.2 Å². The number of halogens is 1. The second-order valence-corrected chi connectivity index (χ2v) is 15.2. The Morgan fingerprint density at radius 2 is 1.76 bits per heavy atom. The summed E-state index contributed by atoms with van der Waals surface area (Å²) >= 11 is 6.98. The predicted octanol–water partition coefficient (Wildman–Crippen LogP) is 6.67. The lowest BCUT2D eigenvalue weighted by Crippen LogP contribution is -2.13. The molecule has 0 aliphatic carbocycles. The molecule has 1 aliphatic heterocycles. The van der Waals surface area contributed by atoms with Gasteiger partial charge >= 0.3 is 5.97 Å². The lowest BCUT2D eigenvalue weighted by Gasteiger charge is -2.14. The quantitative estimate of drug-likeness (QED) is 0.176. The first-order chi connectivity index (χ1) is 23.5. The van der Waals surface area contributed by atoms with E-state index in [2.05, 4.69) is 34.5 Å². The van der Waals surface area contributed by atoms with Crippen LogP contribution in [0, 0.1) is 13.8 Å². The largest absolute Gasteiger partial charge is 0.493 e. The van der Waals surface area contributed by atoms with Gasteiger partial charge < -0.3 is 14.0 Å². The molecule has 0 amide bonds. The van der Waals surface area contributed by atoms with Gasteiger partial charge in [0.2, 0.25) is 0 Å². The van der Waals surface area contributed by atoms with E-state index in [9.17, 15) is 13.2 Å². The average molecular weight is 700 g/mol. The highest BCUT2D eigenvalue weighted by molar-refractivity contribution is 7.89. The van der Waals surface area contributed by atoms with Crippen molar-refractivity contribution in [3.8, 4) is 16.9 Å². The standard InChI is InChI=1S/C37H38ClN5O5S/c1-22-33-31-14-13-29(38)35(33)34-23(2)41(3)40-30(34)21-49(45,46)20-26-19-27(42(4)39-26)12-11-24-17-25-9-6-7-10-28(25)32(18-24)48-16-8-15-43(31)36(22)37(44)47-5/h6-7,9-10,13-14,17-19H,8,11-12,15-16,20-21H2,1-5H3. The van der Waals surface area contributed by atoms with Crippen molar-refractivity contribution in [3.63, 3.8) is 0 Å². The molecule has 0 saturated heterocycles. The zero-order valence-corrected chi connectivity index (χ0v) is 29.8. The molecule has 0 fully saturated rings. The zero-order chi connectivity index (χ0) is 34.6. The number of hydrogen-bond donors (Lipinski definition) is 0. The molecular weight excluding hydrogens is 662 g/mol. The Hall–Kier alpha value is -4.61. The van der Waals surface area contributed by atoms with Crippen molar-refractivity contribution in [2.45, 2.75) is 51.2 Å². The van der Waals surface area contributed by atoms with Crippen LogP contribution in [0.2, 0.25) is 5.02 Å². The van der Waals surface area contributed by atoms with Crippen LogP contribution in [0.3, 0.4) is 0 Å². The van der Waals surface area contributed by atoms with Crippen LogP contribution >= 0.6 is 11.6 Å². The molecule has 0 spiro atoms. The molecule has 4 heterocycles. The molecule has 3 aromatic heterocycles. The average Bonchev–Trinajstić information content (AvgIpc) is 3.65. The van der Waals surface area contributed by atoms with E-state index in [0.717, 1.165) is 50.8 Å². The lowest BCUT2D eigenvalue weighted by atomic mass is 9.97. The molecule has 3 aromatic carbocycles. The molecule has 12 heteroatoms. The molecule has 0 atom stereocenters. The second kappa shape index (κ2) is 12.7. The molecule has 0 N–H and O–H groups in total. The molecule has 49 heavy (non-hydrogen) atoms. The number of rotatable bonds is 1. The number of methoxy groups -OCH3 is 1. The van der Waals surface area contributed by atoms with Gasteiger partial charge in [-0.25, -0.2) is 13.2 Å². The minimum atomic E-state index is -3.71. The highest BCUT2D eigenvalue weighted by atomic mass is 35.5. The summed E-state index contributed by atoms with van der Waals surface area (Å²) in [6, 6.07) is 18.0. The number of aryl methyl sites for hydroxylation is 6. The van der Waals surface area contributed by atoms with Crippen molar-refractivity contribution in [2.75, 3.05) is 13.7 Å². The monoisotopic (exact) mass is 699 g/mol. The minimum absolute atomic E-state index is 0.232. The summed E-state index contributed by atoms with van der Waals surface area (Å²) in [7, 11) is 1.29. The first-order valence-electron chi connectivity index (χ1n) is 16.2. The Labute approximate surface area is 290 Å². The van der Waals surface area contributed by atoms with E-state index in [1.165, 1.54) is 7.11 Å². The fourth-order valence-electron chi connectivity index (χ4n) is 7.19. The number of carbonyl (C=O) groups excluding carboxylic acids is 1. The van der Waals surface area contributed by atoms with E-state index in [1.807, 2.05) is 49.7 Å². The number of hydrogen-bond acceptors (Lipinski definition) is 7. The topological polar surface area (TPSA) is 110 Å². The summed E-state index contributed by atoms with van der Waals surface area (Å²) < 4.78 is 44.8. The van der Waals surface area contributed by atoms with Crippen LogP contribution in [-0.4, -0.2) is 52.2 Å². The number of fused-ring (bicyclic) bond motifs is 8. The van der Waals surface area contributed by atoms with Crippen molar-refractivity contribution >= 4 is 49.1 Å². The lowest BCUT2D eigenvalue weighted by molar-refractivity contribution is 0.0587. The number of ether oxygens (including phenoxy) is 2. The predicted molar refractivity (Wildman–Crippen MR) is 191 cm³/mol. The van der Waals surface area contributed by atoms with Crippen LogP contribution < -0.4 is 4.74 Å². The number of carbonyl (C=O) groups is 1. The zero-order valence-electron chi connectivity index (χ0n) is 28.2. The summed E-state index contributed by atoms with van der Waals surface area (Å²) in [4.78, 5) is 13.3. The van der Waals surface area contributed by atoms with E-state index < -0.39 is 15.8 Å². The minimum Gasteiger partial charge on any atom is -0.493 e. The van der Waals surface area contributed by atoms with Crippen LogP contribution in [0.25, 0.3) is 32.8 Å². The molecule has 0 radical (unpaired) electrons. The molecule has 1 aliphatic rings. The molecular formula is C37H38ClN5O5S. The van der Waals surface area contributed by atoms with Gasteiger partial charge in [0.1, 0.15) is 11.4 Å². The molecule has 7 rings (SSSR count). The summed E-state index contributed by atoms with van der Waals surface area (Å²) in [5, 5.41) is 12.5. The SMILES string of the molecule is COC(=O)c1c(C)c2c3c(Cl)ccc2n1CCCOc1cc(cc2ccccc12)CCc1cc(nn1C)CS(=O)(=O)Cc1nn(C)c(C)c1-3. The van der Waals surface area contributed by atoms with Gasteiger partial charge in [0.05, 0.1) is 36.6 Å². The van der Waals surface area contributed by atoms with Crippen LogP contribution in [0.5, 0.6) is 5.75 Å². The van der Waals surface area contributed by atoms with E-state index >= 15 is 0 Å². The maximum absolute atomic E-state index is 13.8. The number of aromatic nitrogens is 5. The van der Waals surface area contributed by atoms with Gasteiger partial charge in [-0.15, -0.1) is 0 Å². The first-order valence-corrected chi connectivity index (χ1v) is 18.4. The molecule has 254 valence electrons. The van der Waals surface area contributed by atoms with Gasteiger partial charge in [-0.3, -0.25) is 9.36 Å². The van der Waals surface area contributed by atoms with E-state index in [0.29, 0.717) is 64.8 Å². The smallest absolute Gasteiger partial charge is 0.354 e. The molecule has 10 nitrogen and oxygen atoms in total. The highest BCUT2D eigenvalue weighted by Crippen LogP contribution is 2.43. The third kappa shape index (κ3) is 5.99. The van der Waals surface area contributed by atoms with E-state index in [4.69, 9.17) is 21.1 Å². The van der Waals surface area contributed by atoms with Gasteiger partial charge in [0, 0.05) is 64.5 Å². The summed E-state index contributed by atoms with van der Waals surface area (Å²) in [5.74, 6) is -0.205. The summed E-state index contributed by atoms with van der Waals surface area (Å²) in [5.41, 5.74) is 6.86. The van der Waals surface area contributed by atoms with Gasteiger partial charge in [-0.1, -0.05) is 41.9 Å². The van der Waals surface area contributed by atoms with Crippen molar-refractivity contribution in [1.82, 2.24) is 24.1 Å². The van der Waals surface area contributed by atoms with Crippen molar-refractivity contribution in [1.29, 1.82) is 0 Å². The fraction of sp³-hybridized carbons (Fsp3) is 0.324. The molecule has 6 aromatic rings. The normalized spacial score (nSPS) is 15.1. The molecule has 0 unspecified atom stereocenters. The summed E-state index contributed by atoms with van der Waals surface area (Å²) in [6.07, 6.45) is 2.01. The Bertz CT molecular complexity index is 2390. The number of esters is 1. The Morgan fingerprint density at radius 3 is 2.55 bits per heavy atom. The first kappa shape index (κ1) is 32.9. The Balaban J connectivity index is 1.41. The van der Waals surface area contributed by atoms with Crippen molar-refractivity contribution in [3.05, 3.63) is 99.2 Å². The van der Waals surface area contributed by atoms with Crippen LogP contribution in [0.1, 0.15) is 50.8 Å². The maximum Gasteiger partial charge on any atom is 0.354 e. The van der Waals surface area contributed by atoms with Gasteiger partial charge in [-0.05, 0) is 73.9 Å². The van der Waals surface area contributed by atoms with Crippen LogP contribution in [0.15, 0.2) is 54.6 Å². The number of sulfone groups is 1. The van der Waals surface area contributed by atoms with E-state index in [-0.39, 0.29) is 11.5 Å². The third-order valence-electron chi connectivity index (χ3n) is 9.55. The van der Waals surface area contributed by atoms with Gasteiger partial charge in [0.15, 0.2) is 9.84 Å². The fourth-order valence-corrected chi connectivity index (χ4v) is 8.75. The molecule has 8 bridgehead atoms. The second-order valence-electron chi connectivity index (χ2n) is 12.8. The number of benzene rings is 3. The van der Waals surface area contributed by atoms with Crippen LogP contribution in [-0.2, 0) is 59.6 Å². The van der Waals surface area contributed by atoms with E-state index in [1.54, 1.807) is 22.5 Å². The Kier molecular flexibility index (Phi) is 8.52. The Morgan fingerprint density at radius 1 is 0.959 bits per heavy atom. The van der Waals surface area contributed by atoms with Crippen LogP contribution in [0.4, 0.5) is 0 Å². The molecule has 0 saturated carbocycles. The summed E-state index contributed by atoms with van der Waals surface area (Å²) in [6.45, 7) is 4.66. The van der Waals surface area contributed by atoms with Crippen molar-refractivity contribution in [2.24, 2.45) is 14.1 Å². The van der Waals surface area contributed by atoms with Gasteiger partial charge in [0.25, 0.3) is 0 Å².